The van der Waals surface area contributed by atoms with Gasteiger partial charge < -0.3 is 5.73 Å². The molecule has 0 aliphatic rings. The minimum absolute atomic E-state index is 0.558. The fraction of sp³-hybridized carbons (Fsp3) is 0. The van der Waals surface area contributed by atoms with Gasteiger partial charge in [-0.15, -0.1) is 0 Å². The van der Waals surface area contributed by atoms with Crippen molar-refractivity contribution < 1.29 is 0 Å². The summed E-state index contributed by atoms with van der Waals surface area (Å²) in [5.74, 6) is 0.558. The fourth-order valence-corrected chi connectivity index (χ4v) is 1.88. The summed E-state index contributed by atoms with van der Waals surface area (Å²) in [5.41, 5.74) is 5.50. The Balaban J connectivity index is 2.16. The number of nitrogens with zero attached hydrogens (tertiary/aromatic N) is 1. The number of hydrogen-bond acceptors (Lipinski definition) is 3. The molecule has 0 aliphatic heterocycles. The predicted octanol–water partition coefficient (Wildman–Crippen LogP) is 2.82. The molecule has 0 saturated heterocycles. The zero-order chi connectivity index (χ0) is 9.80. The molecule has 0 atom stereocenters. The quantitative estimate of drug-likeness (QED) is 0.813. The van der Waals surface area contributed by atoms with Crippen molar-refractivity contribution >= 4 is 17.6 Å². The van der Waals surface area contributed by atoms with Crippen LogP contribution >= 0.6 is 11.8 Å². The van der Waals surface area contributed by atoms with Gasteiger partial charge in [0, 0.05) is 16.0 Å². The molecule has 2 aromatic rings. The summed E-state index contributed by atoms with van der Waals surface area (Å²) in [6, 6.07) is 14.0. The lowest BCUT2D eigenvalue weighted by Gasteiger charge is -2.00. The molecule has 3 heteroatoms. The van der Waals surface area contributed by atoms with E-state index in [-0.39, 0.29) is 0 Å². The maximum Gasteiger partial charge on any atom is 0.123 e. The van der Waals surface area contributed by atoms with Crippen LogP contribution in [0.2, 0.25) is 0 Å². The normalized spacial score (nSPS) is 10.0. The second kappa shape index (κ2) is 4.15. The Morgan fingerprint density at radius 2 is 1.71 bits per heavy atom. The van der Waals surface area contributed by atoms with Gasteiger partial charge in [0.05, 0.1) is 0 Å². The number of benzene rings is 1. The van der Waals surface area contributed by atoms with Gasteiger partial charge in [-0.25, -0.2) is 4.98 Å². The zero-order valence-electron chi connectivity index (χ0n) is 7.55. The number of nitrogen functional groups attached to an aromatic ring is 1. The minimum atomic E-state index is 0.558. The van der Waals surface area contributed by atoms with Gasteiger partial charge in [-0.3, -0.25) is 0 Å². The van der Waals surface area contributed by atoms with E-state index in [0.717, 1.165) is 4.90 Å². The Morgan fingerprint density at radius 1 is 0.929 bits per heavy atom. The van der Waals surface area contributed by atoms with Crippen LogP contribution in [0.3, 0.4) is 0 Å². The van der Waals surface area contributed by atoms with Gasteiger partial charge >= 0.3 is 0 Å². The van der Waals surface area contributed by atoms with Crippen molar-refractivity contribution in [2.75, 3.05) is 5.73 Å². The first kappa shape index (κ1) is 9.09. The highest BCUT2D eigenvalue weighted by molar-refractivity contribution is 7.99. The molecule has 70 valence electrons. The van der Waals surface area contributed by atoms with Gasteiger partial charge in [0.1, 0.15) is 5.82 Å². The second-order valence-electron chi connectivity index (χ2n) is 2.83. The Labute approximate surface area is 87.2 Å². The van der Waals surface area contributed by atoms with Crippen LogP contribution in [-0.2, 0) is 0 Å². The highest BCUT2D eigenvalue weighted by Gasteiger charge is 1.96. The SMILES string of the molecule is Nc1ccc(Sc2ccccc2)cn1. The van der Waals surface area contributed by atoms with Gasteiger partial charge in [0.15, 0.2) is 0 Å². The average Bonchev–Trinajstić information content (AvgIpc) is 2.23. The zero-order valence-corrected chi connectivity index (χ0v) is 8.37. The van der Waals surface area contributed by atoms with Crippen LogP contribution in [0.1, 0.15) is 0 Å². The van der Waals surface area contributed by atoms with E-state index in [1.807, 2.05) is 30.3 Å². The summed E-state index contributed by atoms with van der Waals surface area (Å²) < 4.78 is 0. The van der Waals surface area contributed by atoms with Crippen molar-refractivity contribution in [3.63, 3.8) is 0 Å². The Morgan fingerprint density at radius 3 is 2.36 bits per heavy atom. The molecule has 0 amide bonds. The van der Waals surface area contributed by atoms with Crippen molar-refractivity contribution in [1.82, 2.24) is 4.98 Å². The molecular formula is C11H10N2S. The first-order valence-corrected chi connectivity index (χ1v) is 5.11. The second-order valence-corrected chi connectivity index (χ2v) is 3.98. The van der Waals surface area contributed by atoms with E-state index in [1.165, 1.54) is 4.90 Å². The molecule has 0 saturated carbocycles. The summed E-state index contributed by atoms with van der Waals surface area (Å²) in [6.45, 7) is 0. The van der Waals surface area contributed by atoms with Crippen LogP contribution in [0.4, 0.5) is 5.82 Å². The number of nitrogens with two attached hydrogens (primary N) is 1. The Kier molecular flexibility index (Phi) is 2.70. The molecule has 0 radical (unpaired) electrons. The Bertz CT molecular complexity index is 397. The van der Waals surface area contributed by atoms with Crippen LogP contribution in [0.25, 0.3) is 0 Å². The van der Waals surface area contributed by atoms with E-state index in [1.54, 1.807) is 18.0 Å². The summed E-state index contributed by atoms with van der Waals surface area (Å²) in [5, 5.41) is 0. The molecule has 1 heterocycles. The van der Waals surface area contributed by atoms with E-state index < -0.39 is 0 Å². The van der Waals surface area contributed by atoms with Gasteiger partial charge in [-0.2, -0.15) is 0 Å². The summed E-state index contributed by atoms with van der Waals surface area (Å²) in [4.78, 5) is 6.34. The molecular weight excluding hydrogens is 192 g/mol. The number of aromatic nitrogens is 1. The molecule has 1 aromatic heterocycles. The van der Waals surface area contributed by atoms with E-state index in [2.05, 4.69) is 17.1 Å². The van der Waals surface area contributed by atoms with Crippen molar-refractivity contribution in [2.24, 2.45) is 0 Å². The number of hydrogen-bond donors (Lipinski definition) is 1. The van der Waals surface area contributed by atoms with Crippen LogP contribution in [0.15, 0.2) is 58.5 Å². The first-order chi connectivity index (χ1) is 6.84. The topological polar surface area (TPSA) is 38.9 Å². The molecule has 0 aliphatic carbocycles. The monoisotopic (exact) mass is 202 g/mol. The standard InChI is InChI=1S/C11H10N2S/c12-11-7-6-10(8-13-11)14-9-4-2-1-3-5-9/h1-8H,(H2,12,13). The number of pyridine rings is 1. The Hall–Kier alpha value is -1.48. The average molecular weight is 202 g/mol. The van der Waals surface area contributed by atoms with Gasteiger partial charge in [-0.1, -0.05) is 30.0 Å². The molecule has 1 aromatic carbocycles. The molecule has 2 N–H and O–H groups in total. The maximum absolute atomic E-state index is 5.50. The van der Waals surface area contributed by atoms with Gasteiger partial charge in [-0.05, 0) is 24.3 Å². The highest BCUT2D eigenvalue weighted by Crippen LogP contribution is 2.26. The largest absolute Gasteiger partial charge is 0.384 e. The predicted molar refractivity (Wildman–Crippen MR) is 59.2 cm³/mol. The smallest absolute Gasteiger partial charge is 0.123 e. The first-order valence-electron chi connectivity index (χ1n) is 4.29. The maximum atomic E-state index is 5.50. The lowest BCUT2D eigenvalue weighted by Crippen LogP contribution is -1.87. The molecule has 0 unspecified atom stereocenters. The number of anilines is 1. The summed E-state index contributed by atoms with van der Waals surface area (Å²) >= 11 is 1.68. The molecule has 0 spiro atoms. The van der Waals surface area contributed by atoms with Crippen LogP contribution in [0.5, 0.6) is 0 Å². The van der Waals surface area contributed by atoms with Crippen molar-refractivity contribution in [1.29, 1.82) is 0 Å². The lowest BCUT2D eigenvalue weighted by atomic mass is 10.4. The minimum Gasteiger partial charge on any atom is -0.384 e. The van der Waals surface area contributed by atoms with E-state index in [0.29, 0.717) is 5.82 Å². The third-order valence-corrected chi connectivity index (χ3v) is 2.72. The highest BCUT2D eigenvalue weighted by atomic mass is 32.2. The fourth-order valence-electron chi connectivity index (χ4n) is 1.08. The van der Waals surface area contributed by atoms with Crippen molar-refractivity contribution in [3.8, 4) is 0 Å². The molecule has 2 rings (SSSR count). The number of rotatable bonds is 2. The molecule has 2 nitrogen and oxygen atoms in total. The lowest BCUT2D eigenvalue weighted by molar-refractivity contribution is 1.24. The van der Waals surface area contributed by atoms with Crippen molar-refractivity contribution in [3.05, 3.63) is 48.7 Å². The van der Waals surface area contributed by atoms with Gasteiger partial charge in [0.2, 0.25) is 0 Å². The van der Waals surface area contributed by atoms with E-state index in [9.17, 15) is 0 Å². The van der Waals surface area contributed by atoms with Gasteiger partial charge in [0.25, 0.3) is 0 Å². The summed E-state index contributed by atoms with van der Waals surface area (Å²) in [6.07, 6.45) is 1.78. The molecule has 14 heavy (non-hydrogen) atoms. The molecule has 0 bridgehead atoms. The van der Waals surface area contributed by atoms with Crippen LogP contribution < -0.4 is 5.73 Å². The van der Waals surface area contributed by atoms with E-state index in [4.69, 9.17) is 5.73 Å². The van der Waals surface area contributed by atoms with Crippen molar-refractivity contribution in [2.45, 2.75) is 9.79 Å². The van der Waals surface area contributed by atoms with Crippen LogP contribution in [-0.4, -0.2) is 4.98 Å². The van der Waals surface area contributed by atoms with Crippen LogP contribution in [0, 0.1) is 0 Å². The van der Waals surface area contributed by atoms with E-state index >= 15 is 0 Å². The molecule has 0 fully saturated rings. The third-order valence-electron chi connectivity index (χ3n) is 1.74. The summed E-state index contributed by atoms with van der Waals surface area (Å²) in [7, 11) is 0. The third kappa shape index (κ3) is 2.26.